The van der Waals surface area contributed by atoms with Crippen molar-refractivity contribution in [3.05, 3.63) is 47.8 Å². The van der Waals surface area contributed by atoms with Gasteiger partial charge in [-0.25, -0.2) is 14.8 Å². The van der Waals surface area contributed by atoms with Gasteiger partial charge in [0.25, 0.3) is 5.91 Å². The molecule has 7 heteroatoms. The molecule has 2 rings (SSSR count). The summed E-state index contributed by atoms with van der Waals surface area (Å²) in [7, 11) is 1.62. The molecule has 0 spiro atoms. The molecule has 0 aliphatic rings. The highest BCUT2D eigenvalue weighted by Crippen LogP contribution is 2.07. The Morgan fingerprint density at radius 1 is 1.37 bits per heavy atom. The number of carbonyl (C=O) groups excluding carboxylic acids is 1. The molecule has 7 nitrogen and oxygen atoms in total. The van der Waals surface area contributed by atoms with Crippen molar-refractivity contribution >= 4 is 11.9 Å². The van der Waals surface area contributed by atoms with E-state index in [0.29, 0.717) is 12.4 Å². The number of amides is 1. The van der Waals surface area contributed by atoms with E-state index in [9.17, 15) is 9.59 Å². The molecule has 0 aromatic carbocycles. The number of carbonyl (C=O) groups is 2. The summed E-state index contributed by atoms with van der Waals surface area (Å²) in [6, 6.07) is 2.73. The topological polar surface area (TPSA) is 99.2 Å². The zero-order valence-corrected chi connectivity index (χ0v) is 10.2. The van der Waals surface area contributed by atoms with Crippen LogP contribution in [0.5, 0.6) is 0 Å². The highest BCUT2D eigenvalue weighted by Gasteiger charge is 2.15. The first-order valence-electron chi connectivity index (χ1n) is 5.51. The van der Waals surface area contributed by atoms with Gasteiger partial charge in [0, 0.05) is 31.2 Å². The van der Waals surface area contributed by atoms with E-state index in [-0.39, 0.29) is 17.2 Å². The number of aromatic nitrogens is 3. The van der Waals surface area contributed by atoms with Crippen molar-refractivity contribution < 1.29 is 14.7 Å². The number of hydrogen-bond donors (Lipinski definition) is 2. The number of aromatic carboxylic acids is 1. The molecule has 0 aliphatic carbocycles. The highest BCUT2D eigenvalue weighted by atomic mass is 16.4. The van der Waals surface area contributed by atoms with Crippen molar-refractivity contribution in [2.24, 2.45) is 0 Å². The lowest BCUT2D eigenvalue weighted by Gasteiger charge is -2.15. The van der Waals surface area contributed by atoms with Gasteiger partial charge in [0.05, 0.1) is 6.54 Å². The fourth-order valence-electron chi connectivity index (χ4n) is 1.58. The molecule has 98 valence electrons. The standard InChI is InChI=1S/C12H12N4O3/c1-16(7-10-14-4-5-15-10)11(17)8-2-3-13-9(6-8)12(18)19/h2-6H,7H2,1H3,(H,14,15)(H,18,19). The molecule has 19 heavy (non-hydrogen) atoms. The van der Waals surface area contributed by atoms with Crippen LogP contribution < -0.4 is 0 Å². The van der Waals surface area contributed by atoms with Crippen molar-refractivity contribution in [2.45, 2.75) is 6.54 Å². The minimum Gasteiger partial charge on any atom is -0.477 e. The SMILES string of the molecule is CN(Cc1ncc[nH]1)C(=O)c1ccnc(C(=O)O)c1. The fourth-order valence-corrected chi connectivity index (χ4v) is 1.58. The van der Waals surface area contributed by atoms with Gasteiger partial charge in [0.2, 0.25) is 0 Å². The normalized spacial score (nSPS) is 10.2. The first kappa shape index (κ1) is 12.7. The highest BCUT2D eigenvalue weighted by molar-refractivity contribution is 5.96. The summed E-state index contributed by atoms with van der Waals surface area (Å²) in [4.78, 5) is 34.9. The second-order valence-electron chi connectivity index (χ2n) is 3.93. The molecule has 0 saturated heterocycles. The van der Waals surface area contributed by atoms with Crippen molar-refractivity contribution in [3.63, 3.8) is 0 Å². The van der Waals surface area contributed by atoms with Crippen LogP contribution in [0.15, 0.2) is 30.7 Å². The summed E-state index contributed by atoms with van der Waals surface area (Å²) in [6.45, 7) is 0.316. The molecule has 0 bridgehead atoms. The third-order valence-electron chi connectivity index (χ3n) is 2.51. The molecular formula is C12H12N4O3. The van der Waals surface area contributed by atoms with Gasteiger partial charge in [-0.1, -0.05) is 0 Å². The maximum absolute atomic E-state index is 12.1. The number of hydrogen-bond acceptors (Lipinski definition) is 4. The number of aromatic amines is 1. The second kappa shape index (κ2) is 5.30. The summed E-state index contributed by atoms with van der Waals surface area (Å²) in [5.41, 5.74) is 0.124. The second-order valence-corrected chi connectivity index (χ2v) is 3.93. The summed E-state index contributed by atoms with van der Waals surface area (Å²) in [5.74, 6) is -0.798. The van der Waals surface area contributed by atoms with Gasteiger partial charge in [0.15, 0.2) is 0 Å². The average Bonchev–Trinajstić information content (AvgIpc) is 2.90. The molecule has 2 N–H and O–H groups in total. The minimum atomic E-state index is -1.16. The molecular weight excluding hydrogens is 248 g/mol. The van der Waals surface area contributed by atoms with E-state index < -0.39 is 5.97 Å². The number of carboxylic acids is 1. The number of nitrogens with zero attached hydrogens (tertiary/aromatic N) is 3. The Hall–Kier alpha value is -2.70. The Balaban J connectivity index is 2.14. The van der Waals surface area contributed by atoms with Crippen LogP contribution in [0.25, 0.3) is 0 Å². The smallest absolute Gasteiger partial charge is 0.354 e. The molecule has 2 heterocycles. The molecule has 0 saturated carbocycles. The zero-order valence-electron chi connectivity index (χ0n) is 10.2. The van der Waals surface area contributed by atoms with Crippen LogP contribution in [0.3, 0.4) is 0 Å². The van der Waals surface area contributed by atoms with E-state index in [2.05, 4.69) is 15.0 Å². The number of imidazole rings is 1. The molecule has 2 aromatic heterocycles. The number of pyridine rings is 1. The molecule has 0 unspecified atom stereocenters. The van der Waals surface area contributed by atoms with Gasteiger partial charge in [-0.2, -0.15) is 0 Å². The molecule has 2 aromatic rings. The Morgan fingerprint density at radius 2 is 2.16 bits per heavy atom. The third kappa shape index (κ3) is 2.95. The van der Waals surface area contributed by atoms with E-state index >= 15 is 0 Å². The number of H-pyrrole nitrogens is 1. The van der Waals surface area contributed by atoms with Crippen LogP contribution in [0.1, 0.15) is 26.7 Å². The van der Waals surface area contributed by atoms with Gasteiger partial charge in [-0.05, 0) is 12.1 Å². The van der Waals surface area contributed by atoms with Crippen LogP contribution in [-0.4, -0.2) is 43.9 Å². The molecule has 0 aliphatic heterocycles. The van der Waals surface area contributed by atoms with E-state index in [0.717, 1.165) is 0 Å². The van der Waals surface area contributed by atoms with E-state index in [4.69, 9.17) is 5.11 Å². The van der Waals surface area contributed by atoms with Crippen molar-refractivity contribution in [2.75, 3.05) is 7.05 Å². The van der Waals surface area contributed by atoms with Gasteiger partial charge < -0.3 is 15.0 Å². The Morgan fingerprint density at radius 3 is 2.79 bits per heavy atom. The monoisotopic (exact) mass is 260 g/mol. The maximum Gasteiger partial charge on any atom is 0.354 e. The molecule has 0 radical (unpaired) electrons. The quantitative estimate of drug-likeness (QED) is 0.846. The van der Waals surface area contributed by atoms with Crippen LogP contribution in [0.4, 0.5) is 0 Å². The van der Waals surface area contributed by atoms with Crippen LogP contribution in [0, 0.1) is 0 Å². The van der Waals surface area contributed by atoms with Crippen LogP contribution >= 0.6 is 0 Å². The lowest BCUT2D eigenvalue weighted by Crippen LogP contribution is -2.27. The summed E-state index contributed by atoms with van der Waals surface area (Å²) in [6.07, 6.45) is 4.57. The van der Waals surface area contributed by atoms with Gasteiger partial charge in [-0.3, -0.25) is 4.79 Å². The lowest BCUT2D eigenvalue weighted by atomic mass is 10.2. The average molecular weight is 260 g/mol. The summed E-state index contributed by atoms with van der Waals surface area (Å²) in [5, 5.41) is 8.83. The molecule has 0 fully saturated rings. The van der Waals surface area contributed by atoms with Gasteiger partial charge in [0.1, 0.15) is 11.5 Å². The number of rotatable bonds is 4. The maximum atomic E-state index is 12.1. The van der Waals surface area contributed by atoms with Crippen molar-refractivity contribution in [3.8, 4) is 0 Å². The lowest BCUT2D eigenvalue weighted by molar-refractivity contribution is 0.0690. The predicted molar refractivity (Wildman–Crippen MR) is 65.6 cm³/mol. The molecule has 0 atom stereocenters. The van der Waals surface area contributed by atoms with Crippen LogP contribution in [-0.2, 0) is 6.54 Å². The van der Waals surface area contributed by atoms with Crippen molar-refractivity contribution in [1.29, 1.82) is 0 Å². The first-order valence-corrected chi connectivity index (χ1v) is 5.51. The fraction of sp³-hybridized carbons (Fsp3) is 0.167. The molecule has 1 amide bonds. The van der Waals surface area contributed by atoms with E-state index in [1.165, 1.54) is 23.2 Å². The van der Waals surface area contributed by atoms with Gasteiger partial charge in [-0.15, -0.1) is 0 Å². The Labute approximate surface area is 108 Å². The Kier molecular flexibility index (Phi) is 3.56. The van der Waals surface area contributed by atoms with Gasteiger partial charge >= 0.3 is 5.97 Å². The minimum absolute atomic E-state index is 0.155. The van der Waals surface area contributed by atoms with Crippen LogP contribution in [0.2, 0.25) is 0 Å². The summed E-state index contributed by atoms with van der Waals surface area (Å²) >= 11 is 0. The first-order chi connectivity index (χ1) is 9.08. The zero-order chi connectivity index (χ0) is 13.8. The van der Waals surface area contributed by atoms with E-state index in [1.54, 1.807) is 19.4 Å². The third-order valence-corrected chi connectivity index (χ3v) is 2.51. The summed E-state index contributed by atoms with van der Waals surface area (Å²) < 4.78 is 0. The Bertz CT molecular complexity index is 595. The van der Waals surface area contributed by atoms with E-state index in [1.807, 2.05) is 0 Å². The number of nitrogens with one attached hydrogen (secondary N) is 1. The largest absolute Gasteiger partial charge is 0.477 e. The number of carboxylic acid groups (broad SMARTS) is 1. The van der Waals surface area contributed by atoms with Crippen molar-refractivity contribution in [1.82, 2.24) is 19.9 Å². The predicted octanol–water partition coefficient (Wildman–Crippen LogP) is 0.775.